The molecule has 34 heavy (non-hydrogen) atoms. The molecular weight excluding hydrogens is 522 g/mol. The number of carbonyl (C=O) groups is 1. The lowest BCUT2D eigenvalue weighted by Gasteiger charge is -2.29. The number of rotatable bonds is 3. The quantitative estimate of drug-likeness (QED) is 0.384. The molecule has 0 N–H and O–H groups in total. The summed E-state index contributed by atoms with van der Waals surface area (Å²) in [5, 5.41) is 0.706. The van der Waals surface area contributed by atoms with Crippen LogP contribution in [-0.2, 0) is 24.4 Å². The minimum absolute atomic E-state index is 0.159. The Hall–Kier alpha value is -2.84. The number of allylic oxidation sites excluding steroid dienone is 1. The molecule has 0 radical (unpaired) electrons. The van der Waals surface area contributed by atoms with E-state index >= 15 is 0 Å². The van der Waals surface area contributed by atoms with Gasteiger partial charge in [0, 0.05) is 33.7 Å². The third-order valence-electron chi connectivity index (χ3n) is 5.99. The Morgan fingerprint density at radius 3 is 2.76 bits per heavy atom. The molecule has 8 heteroatoms. The molecule has 0 unspecified atom stereocenters. The molecule has 3 heterocycles. The van der Waals surface area contributed by atoms with Gasteiger partial charge in [-0.1, -0.05) is 39.7 Å². The first-order chi connectivity index (χ1) is 16.5. The molecule has 0 saturated carbocycles. The Labute approximate surface area is 209 Å². The lowest BCUT2D eigenvalue weighted by atomic mass is 10.0. The Morgan fingerprint density at radius 1 is 1.06 bits per heavy atom. The summed E-state index contributed by atoms with van der Waals surface area (Å²) in [4.78, 5) is 15.4. The minimum Gasteiger partial charge on any atom is -0.478 e. The number of Topliss-reactive ketones (excluding diaryl/α,β-unsaturated/α-hetero) is 1. The normalized spacial score (nSPS) is 17.9. The van der Waals surface area contributed by atoms with E-state index in [1.807, 2.05) is 42.5 Å². The van der Waals surface area contributed by atoms with E-state index in [-0.39, 0.29) is 18.3 Å². The van der Waals surface area contributed by atoms with Crippen LogP contribution in [0.4, 0.5) is 0 Å². The molecule has 0 bridgehead atoms. The van der Waals surface area contributed by atoms with Crippen molar-refractivity contribution < 1.29 is 23.7 Å². The largest absolute Gasteiger partial charge is 0.478 e. The highest BCUT2D eigenvalue weighted by Gasteiger charge is 2.34. The van der Waals surface area contributed by atoms with Gasteiger partial charge in [0.1, 0.15) is 24.0 Å². The van der Waals surface area contributed by atoms with Gasteiger partial charge in [-0.15, -0.1) is 0 Å². The van der Waals surface area contributed by atoms with Gasteiger partial charge in [-0.25, -0.2) is 0 Å². The maximum absolute atomic E-state index is 13.2. The molecule has 0 amide bonds. The summed E-state index contributed by atoms with van der Waals surface area (Å²) in [6.07, 6.45) is 1.73. The second-order valence-corrected chi connectivity index (χ2v) is 9.69. The van der Waals surface area contributed by atoms with Crippen molar-refractivity contribution in [3.63, 3.8) is 0 Å². The van der Waals surface area contributed by atoms with Crippen molar-refractivity contribution in [2.75, 3.05) is 13.5 Å². The van der Waals surface area contributed by atoms with Crippen LogP contribution in [0.25, 0.3) is 6.08 Å². The molecule has 0 atom stereocenters. The second-order valence-electron chi connectivity index (χ2n) is 8.34. The van der Waals surface area contributed by atoms with Gasteiger partial charge in [-0.05, 0) is 48.0 Å². The van der Waals surface area contributed by atoms with Crippen LogP contribution in [0, 0.1) is 0 Å². The maximum Gasteiger partial charge on any atom is 0.231 e. The van der Waals surface area contributed by atoms with E-state index in [9.17, 15) is 4.79 Å². The van der Waals surface area contributed by atoms with Crippen LogP contribution in [0.1, 0.15) is 32.6 Å². The summed E-state index contributed by atoms with van der Waals surface area (Å²) in [6, 6.07) is 15.2. The fourth-order valence-electron chi connectivity index (χ4n) is 4.41. The van der Waals surface area contributed by atoms with E-state index < -0.39 is 0 Å². The molecule has 0 aliphatic carbocycles. The number of ether oxygens (including phenoxy) is 4. The monoisotopic (exact) mass is 539 g/mol. The van der Waals surface area contributed by atoms with Crippen molar-refractivity contribution in [3.8, 4) is 17.2 Å². The van der Waals surface area contributed by atoms with Gasteiger partial charge in [-0.3, -0.25) is 9.69 Å². The zero-order valence-electron chi connectivity index (χ0n) is 18.0. The van der Waals surface area contributed by atoms with Crippen LogP contribution in [-0.4, -0.2) is 24.2 Å². The van der Waals surface area contributed by atoms with Crippen LogP contribution in [0.2, 0.25) is 5.02 Å². The van der Waals surface area contributed by atoms with Crippen molar-refractivity contribution in [2.24, 2.45) is 0 Å². The Balaban J connectivity index is 1.30. The summed E-state index contributed by atoms with van der Waals surface area (Å²) >= 11 is 9.54. The van der Waals surface area contributed by atoms with E-state index in [1.165, 1.54) is 0 Å². The topological polar surface area (TPSA) is 57.2 Å². The summed E-state index contributed by atoms with van der Waals surface area (Å²) < 4.78 is 24.1. The molecule has 3 aliphatic rings. The molecule has 0 fully saturated rings. The van der Waals surface area contributed by atoms with Crippen molar-refractivity contribution in [2.45, 2.75) is 19.7 Å². The highest BCUT2D eigenvalue weighted by Crippen LogP contribution is 2.43. The van der Waals surface area contributed by atoms with E-state index in [0.717, 1.165) is 32.5 Å². The van der Waals surface area contributed by atoms with Gasteiger partial charge in [0.2, 0.25) is 5.78 Å². The first kappa shape index (κ1) is 21.7. The lowest BCUT2D eigenvalue weighted by Crippen LogP contribution is -2.31. The number of hydrogen-bond acceptors (Lipinski definition) is 6. The number of hydrogen-bond donors (Lipinski definition) is 0. The molecule has 3 aliphatic heterocycles. The van der Waals surface area contributed by atoms with Crippen LogP contribution >= 0.6 is 27.5 Å². The van der Waals surface area contributed by atoms with E-state index in [2.05, 4.69) is 20.8 Å². The zero-order chi connectivity index (χ0) is 23.2. The van der Waals surface area contributed by atoms with Gasteiger partial charge in [0.25, 0.3) is 0 Å². The fraction of sp³-hybridized carbons (Fsp3) is 0.192. The van der Waals surface area contributed by atoms with Gasteiger partial charge in [0.15, 0.2) is 12.6 Å². The highest BCUT2D eigenvalue weighted by molar-refractivity contribution is 9.10. The summed E-state index contributed by atoms with van der Waals surface area (Å²) in [6.45, 7) is 2.38. The SMILES string of the molecule is O=C1/C(=C/c2cc(Br)cc3c2OCOC3)Oc2c1ccc1c2CN(Cc2ccc(Cl)cc2)CO1. The molecule has 0 aromatic heterocycles. The third kappa shape index (κ3) is 3.99. The summed E-state index contributed by atoms with van der Waals surface area (Å²) in [5.74, 6) is 2.10. The Kier molecular flexibility index (Phi) is 5.57. The molecule has 6 rings (SSSR count). The van der Waals surface area contributed by atoms with E-state index in [1.54, 1.807) is 12.1 Å². The fourth-order valence-corrected chi connectivity index (χ4v) is 5.06. The summed E-state index contributed by atoms with van der Waals surface area (Å²) in [5.41, 5.74) is 4.22. The average molecular weight is 541 g/mol. The van der Waals surface area contributed by atoms with Gasteiger partial charge < -0.3 is 18.9 Å². The zero-order valence-corrected chi connectivity index (χ0v) is 20.3. The van der Waals surface area contributed by atoms with Crippen LogP contribution < -0.4 is 14.2 Å². The van der Waals surface area contributed by atoms with Crippen LogP contribution in [0.3, 0.4) is 0 Å². The standard InChI is InChI=1S/C26H19BrClNO5/c27-18-7-16(25-17(8-18)12-31-14-33-25)9-23-24(30)20-5-6-22-21(26(20)34-23)11-29(13-32-22)10-15-1-3-19(28)4-2-15/h1-9H,10-14H2/b23-9-. The molecule has 0 saturated heterocycles. The smallest absolute Gasteiger partial charge is 0.231 e. The van der Waals surface area contributed by atoms with Crippen LogP contribution in [0.5, 0.6) is 17.2 Å². The Bertz CT molecular complexity index is 1340. The predicted molar refractivity (Wildman–Crippen MR) is 130 cm³/mol. The molecule has 6 nitrogen and oxygen atoms in total. The predicted octanol–water partition coefficient (Wildman–Crippen LogP) is 5.94. The molecule has 172 valence electrons. The molecule has 3 aromatic carbocycles. The number of ketones is 1. The number of carbonyl (C=O) groups excluding carboxylic acids is 1. The molecule has 0 spiro atoms. The van der Waals surface area contributed by atoms with Crippen molar-refractivity contribution in [1.82, 2.24) is 4.90 Å². The third-order valence-corrected chi connectivity index (χ3v) is 6.70. The van der Waals surface area contributed by atoms with Crippen LogP contribution in [0.15, 0.2) is 58.8 Å². The number of nitrogens with zero attached hydrogens (tertiary/aromatic N) is 1. The molecular formula is C26H19BrClNO5. The minimum atomic E-state index is -0.159. The van der Waals surface area contributed by atoms with Crippen molar-refractivity contribution >= 4 is 39.4 Å². The lowest BCUT2D eigenvalue weighted by molar-refractivity contribution is -0.0165. The van der Waals surface area contributed by atoms with Gasteiger partial charge >= 0.3 is 0 Å². The van der Waals surface area contributed by atoms with Gasteiger partial charge in [0.05, 0.1) is 17.7 Å². The summed E-state index contributed by atoms with van der Waals surface area (Å²) in [7, 11) is 0. The Morgan fingerprint density at radius 2 is 1.91 bits per heavy atom. The van der Waals surface area contributed by atoms with E-state index in [0.29, 0.717) is 48.5 Å². The number of fused-ring (bicyclic) bond motifs is 4. The van der Waals surface area contributed by atoms with Crippen molar-refractivity contribution in [1.29, 1.82) is 0 Å². The second kappa shape index (κ2) is 8.74. The van der Waals surface area contributed by atoms with Gasteiger partial charge in [-0.2, -0.15) is 0 Å². The highest BCUT2D eigenvalue weighted by atomic mass is 79.9. The average Bonchev–Trinajstić information content (AvgIpc) is 3.16. The number of benzene rings is 3. The first-order valence-corrected chi connectivity index (χ1v) is 11.9. The number of halogens is 2. The molecule has 3 aromatic rings. The maximum atomic E-state index is 13.2. The van der Waals surface area contributed by atoms with E-state index in [4.69, 9.17) is 30.5 Å². The first-order valence-electron chi connectivity index (χ1n) is 10.8. The van der Waals surface area contributed by atoms with Crippen molar-refractivity contribution in [3.05, 3.63) is 91.6 Å².